The summed E-state index contributed by atoms with van der Waals surface area (Å²) in [5, 5.41) is 5.94. The minimum atomic E-state index is -4.03. The Bertz CT molecular complexity index is 1210. The molecule has 1 saturated heterocycles. The van der Waals surface area contributed by atoms with Crippen molar-refractivity contribution < 1.29 is 26.8 Å². The Morgan fingerprint density at radius 2 is 1.64 bits per heavy atom. The molecule has 174 valence electrons. The lowest BCUT2D eigenvalue weighted by Crippen LogP contribution is -2.52. The maximum atomic E-state index is 13.5. The summed E-state index contributed by atoms with van der Waals surface area (Å²) in [6, 6.07) is 10.9. The first kappa shape index (κ1) is 23.0. The molecule has 1 amide bonds. The van der Waals surface area contributed by atoms with Crippen molar-refractivity contribution in [2.24, 2.45) is 5.10 Å². The van der Waals surface area contributed by atoms with Crippen molar-refractivity contribution in [1.82, 2.24) is 9.21 Å². The third kappa shape index (κ3) is 4.51. The lowest BCUT2D eigenvalue weighted by molar-refractivity contribution is -0.125. The molecule has 0 N–H and O–H groups in total. The van der Waals surface area contributed by atoms with Gasteiger partial charge in [-0.3, -0.25) is 14.6 Å². The Hall–Kier alpha value is -3.18. The maximum Gasteiger partial charge on any atom is 0.270 e. The number of para-hydroxylation sites is 1. The van der Waals surface area contributed by atoms with Crippen molar-refractivity contribution >= 4 is 33.1 Å². The second kappa shape index (κ2) is 8.99. The van der Waals surface area contributed by atoms with E-state index >= 15 is 0 Å². The van der Waals surface area contributed by atoms with E-state index in [1.54, 1.807) is 17.1 Å². The number of halogens is 2. The molecular formula is C22H22F2N4O4S. The largest absolute Gasteiger partial charge is 0.335 e. The van der Waals surface area contributed by atoms with Crippen molar-refractivity contribution in [3.8, 4) is 0 Å². The molecule has 33 heavy (non-hydrogen) atoms. The Kier molecular flexibility index (Phi) is 6.26. The zero-order chi connectivity index (χ0) is 23.8. The van der Waals surface area contributed by atoms with Crippen molar-refractivity contribution in [1.29, 1.82) is 0 Å². The molecule has 0 spiro atoms. The van der Waals surface area contributed by atoms with Crippen LogP contribution in [0.3, 0.4) is 0 Å². The highest BCUT2D eigenvalue weighted by Gasteiger charge is 2.37. The standard InChI is InChI=1S/C22H22F2N4O4S/c1-15(29)21-14-20(25-28(21)16-5-3-2-4-6-16)22(30)26-9-11-27(12-10-26)33(31,32)17-7-8-18(23)19(24)13-17/h2-8,13,21H,9-12,14H2,1H3. The lowest BCUT2D eigenvalue weighted by atomic mass is 10.1. The van der Waals surface area contributed by atoms with Gasteiger partial charge < -0.3 is 4.90 Å². The molecule has 1 fully saturated rings. The summed E-state index contributed by atoms with van der Waals surface area (Å²) in [6.07, 6.45) is 0.163. The molecule has 4 rings (SSSR count). The van der Waals surface area contributed by atoms with E-state index in [9.17, 15) is 26.8 Å². The molecule has 0 aliphatic carbocycles. The van der Waals surface area contributed by atoms with Gasteiger partial charge in [-0.1, -0.05) is 18.2 Å². The second-order valence-corrected chi connectivity index (χ2v) is 9.77. The SMILES string of the molecule is CC(=O)C1CC(C(=O)N2CCN(S(=O)(=O)c3ccc(F)c(F)c3)CC2)=NN1c1ccccc1. The first-order valence-corrected chi connectivity index (χ1v) is 11.8. The number of anilines is 1. The van der Waals surface area contributed by atoms with E-state index in [2.05, 4.69) is 5.10 Å². The number of carbonyl (C=O) groups excluding carboxylic acids is 2. The van der Waals surface area contributed by atoms with Crippen LogP contribution in [-0.4, -0.2) is 67.2 Å². The number of nitrogens with zero attached hydrogens (tertiary/aromatic N) is 4. The van der Waals surface area contributed by atoms with Crippen LogP contribution in [0.15, 0.2) is 58.5 Å². The Balaban J connectivity index is 1.46. The molecule has 2 aromatic rings. The molecular weight excluding hydrogens is 454 g/mol. The van der Waals surface area contributed by atoms with Crippen LogP contribution in [0.2, 0.25) is 0 Å². The molecule has 11 heteroatoms. The maximum absolute atomic E-state index is 13.5. The number of amides is 1. The van der Waals surface area contributed by atoms with Gasteiger partial charge in [0.05, 0.1) is 10.6 Å². The van der Waals surface area contributed by atoms with Crippen LogP contribution in [0.25, 0.3) is 0 Å². The summed E-state index contributed by atoms with van der Waals surface area (Å²) in [5.74, 6) is -2.85. The zero-order valence-corrected chi connectivity index (χ0v) is 18.6. The number of carbonyl (C=O) groups is 2. The van der Waals surface area contributed by atoms with Gasteiger partial charge in [0.2, 0.25) is 10.0 Å². The lowest BCUT2D eigenvalue weighted by Gasteiger charge is -2.33. The van der Waals surface area contributed by atoms with E-state index in [-0.39, 0.29) is 54.9 Å². The Morgan fingerprint density at radius 3 is 2.24 bits per heavy atom. The van der Waals surface area contributed by atoms with Gasteiger partial charge in [0.1, 0.15) is 11.8 Å². The number of ketones is 1. The highest BCUT2D eigenvalue weighted by molar-refractivity contribution is 7.89. The van der Waals surface area contributed by atoms with Crippen LogP contribution in [0.4, 0.5) is 14.5 Å². The molecule has 0 bridgehead atoms. The fourth-order valence-electron chi connectivity index (χ4n) is 3.88. The van der Waals surface area contributed by atoms with E-state index in [1.165, 1.54) is 11.8 Å². The molecule has 8 nitrogen and oxygen atoms in total. The summed E-state index contributed by atoms with van der Waals surface area (Å²) in [5.41, 5.74) is 0.930. The third-order valence-corrected chi connectivity index (χ3v) is 7.60. The minimum absolute atomic E-state index is 0.00111. The summed E-state index contributed by atoms with van der Waals surface area (Å²) in [7, 11) is -4.03. The fraction of sp³-hybridized carbons (Fsp3) is 0.318. The summed E-state index contributed by atoms with van der Waals surface area (Å²) in [6.45, 7) is 1.66. The van der Waals surface area contributed by atoms with E-state index in [0.717, 1.165) is 16.4 Å². The third-order valence-electron chi connectivity index (χ3n) is 5.70. The average Bonchev–Trinajstić information content (AvgIpc) is 3.27. The van der Waals surface area contributed by atoms with E-state index in [4.69, 9.17) is 0 Å². The predicted octanol–water partition coefficient (Wildman–Crippen LogP) is 2.02. The van der Waals surface area contributed by atoms with Gasteiger partial charge >= 0.3 is 0 Å². The number of piperazine rings is 1. The number of hydrogen-bond acceptors (Lipinski definition) is 6. The van der Waals surface area contributed by atoms with Crippen molar-refractivity contribution in [2.45, 2.75) is 24.3 Å². The fourth-order valence-corrected chi connectivity index (χ4v) is 5.31. The van der Waals surface area contributed by atoms with Crippen molar-refractivity contribution in [3.05, 3.63) is 60.2 Å². The Labute approximate surface area is 190 Å². The number of sulfonamides is 1. The smallest absolute Gasteiger partial charge is 0.270 e. The topological polar surface area (TPSA) is 90.4 Å². The normalized spacial score (nSPS) is 19.5. The molecule has 0 saturated carbocycles. The van der Waals surface area contributed by atoms with Gasteiger partial charge in [0, 0.05) is 32.6 Å². The van der Waals surface area contributed by atoms with Crippen LogP contribution in [0.5, 0.6) is 0 Å². The minimum Gasteiger partial charge on any atom is -0.335 e. The van der Waals surface area contributed by atoms with Gasteiger partial charge in [0.25, 0.3) is 5.91 Å². The molecule has 2 heterocycles. The van der Waals surface area contributed by atoms with Gasteiger partial charge in [-0.25, -0.2) is 17.2 Å². The average molecular weight is 477 g/mol. The van der Waals surface area contributed by atoms with Gasteiger partial charge in [-0.2, -0.15) is 9.41 Å². The number of hydrogen-bond donors (Lipinski definition) is 0. The molecule has 1 atom stereocenters. The van der Waals surface area contributed by atoms with Gasteiger partial charge in [0.15, 0.2) is 17.4 Å². The van der Waals surface area contributed by atoms with Crippen molar-refractivity contribution in [3.63, 3.8) is 0 Å². The molecule has 2 aliphatic heterocycles. The number of hydrazone groups is 1. The number of Topliss-reactive ketones (excluding diaryl/α,β-unsaturated/α-hetero) is 1. The molecule has 2 aliphatic rings. The summed E-state index contributed by atoms with van der Waals surface area (Å²) >= 11 is 0. The monoisotopic (exact) mass is 476 g/mol. The van der Waals surface area contributed by atoms with E-state index in [1.807, 2.05) is 18.2 Å². The quantitative estimate of drug-likeness (QED) is 0.659. The zero-order valence-electron chi connectivity index (χ0n) is 17.8. The summed E-state index contributed by atoms with van der Waals surface area (Å²) in [4.78, 5) is 26.3. The van der Waals surface area contributed by atoms with Crippen molar-refractivity contribution in [2.75, 3.05) is 31.2 Å². The van der Waals surface area contributed by atoms with Gasteiger partial charge in [-0.05, 0) is 37.3 Å². The highest BCUT2D eigenvalue weighted by Crippen LogP contribution is 2.26. The van der Waals surface area contributed by atoms with Crippen LogP contribution in [0.1, 0.15) is 13.3 Å². The van der Waals surface area contributed by atoms with Crippen LogP contribution >= 0.6 is 0 Å². The second-order valence-electron chi connectivity index (χ2n) is 7.83. The molecule has 0 aromatic heterocycles. The van der Waals surface area contributed by atoms with E-state index < -0.39 is 27.7 Å². The number of rotatable bonds is 5. The predicted molar refractivity (Wildman–Crippen MR) is 117 cm³/mol. The van der Waals surface area contributed by atoms with Crippen LogP contribution in [0, 0.1) is 11.6 Å². The van der Waals surface area contributed by atoms with Crippen LogP contribution < -0.4 is 5.01 Å². The first-order valence-electron chi connectivity index (χ1n) is 10.3. The van der Waals surface area contributed by atoms with Crippen LogP contribution in [-0.2, 0) is 19.6 Å². The molecule has 2 aromatic carbocycles. The molecule has 0 radical (unpaired) electrons. The summed E-state index contributed by atoms with van der Waals surface area (Å²) < 4.78 is 53.3. The van der Waals surface area contributed by atoms with E-state index in [0.29, 0.717) is 11.8 Å². The van der Waals surface area contributed by atoms with Gasteiger partial charge in [-0.15, -0.1) is 0 Å². The first-order chi connectivity index (χ1) is 15.7. The highest BCUT2D eigenvalue weighted by atomic mass is 32.2. The molecule has 1 unspecified atom stereocenters. The number of benzene rings is 2. The Morgan fingerprint density at radius 1 is 0.970 bits per heavy atom.